The maximum absolute atomic E-state index is 12.0. The molecule has 1 fully saturated rings. The van der Waals surface area contributed by atoms with Gasteiger partial charge in [0.15, 0.2) is 0 Å². The van der Waals surface area contributed by atoms with E-state index in [1.165, 1.54) is 38.5 Å². The summed E-state index contributed by atoms with van der Waals surface area (Å²) in [6, 6.07) is 7.77. The first kappa shape index (κ1) is 17.0. The maximum atomic E-state index is 12.0. The molecule has 0 aliphatic heterocycles. The topological polar surface area (TPSA) is 55.1 Å². The van der Waals surface area contributed by atoms with E-state index < -0.39 is 0 Å². The van der Waals surface area contributed by atoms with E-state index in [1.807, 2.05) is 24.3 Å². The van der Waals surface area contributed by atoms with Crippen LogP contribution in [0.15, 0.2) is 24.3 Å². The number of hydrogen-bond donors (Lipinski definition) is 2. The summed E-state index contributed by atoms with van der Waals surface area (Å²) in [5, 5.41) is 2.98. The average Bonchev–Trinajstić information content (AvgIpc) is 2.68. The van der Waals surface area contributed by atoms with Crippen molar-refractivity contribution in [3.05, 3.63) is 29.8 Å². The minimum atomic E-state index is 0. The molecule has 112 valence electrons. The molecule has 0 saturated heterocycles. The van der Waals surface area contributed by atoms with Crippen molar-refractivity contribution in [3.63, 3.8) is 0 Å². The van der Waals surface area contributed by atoms with Gasteiger partial charge >= 0.3 is 0 Å². The van der Waals surface area contributed by atoms with E-state index in [-0.39, 0.29) is 18.3 Å². The summed E-state index contributed by atoms with van der Waals surface area (Å²) in [7, 11) is 0. The van der Waals surface area contributed by atoms with Crippen molar-refractivity contribution in [3.8, 4) is 0 Å². The van der Waals surface area contributed by atoms with E-state index in [4.69, 9.17) is 5.73 Å². The largest absolute Gasteiger partial charge is 0.326 e. The second-order valence-electron chi connectivity index (χ2n) is 5.51. The summed E-state index contributed by atoms with van der Waals surface area (Å²) in [6.07, 6.45) is 8.31. The van der Waals surface area contributed by atoms with Crippen LogP contribution in [0.4, 0.5) is 5.69 Å². The fourth-order valence-corrected chi connectivity index (χ4v) is 2.77. The van der Waals surface area contributed by atoms with Gasteiger partial charge in [-0.05, 0) is 36.5 Å². The molecule has 3 N–H and O–H groups in total. The monoisotopic (exact) mass is 296 g/mol. The van der Waals surface area contributed by atoms with Crippen molar-refractivity contribution in [2.24, 2.45) is 11.7 Å². The van der Waals surface area contributed by atoms with Crippen molar-refractivity contribution in [2.45, 2.75) is 51.5 Å². The number of rotatable bonds is 4. The van der Waals surface area contributed by atoms with Gasteiger partial charge in [0.05, 0.1) is 0 Å². The molecule has 1 saturated carbocycles. The van der Waals surface area contributed by atoms with E-state index in [0.717, 1.165) is 11.3 Å². The molecule has 0 bridgehead atoms. The third kappa shape index (κ3) is 5.51. The van der Waals surface area contributed by atoms with Gasteiger partial charge in [0.1, 0.15) is 0 Å². The molecule has 1 amide bonds. The van der Waals surface area contributed by atoms with Crippen LogP contribution >= 0.6 is 12.4 Å². The number of halogens is 1. The van der Waals surface area contributed by atoms with Gasteiger partial charge in [0.2, 0.25) is 5.91 Å². The minimum absolute atomic E-state index is 0. The number of carbonyl (C=O) groups is 1. The third-order valence-electron chi connectivity index (χ3n) is 3.92. The molecule has 3 nitrogen and oxygen atoms in total. The molecular weight excluding hydrogens is 272 g/mol. The molecule has 1 aliphatic carbocycles. The Morgan fingerprint density at radius 3 is 2.25 bits per heavy atom. The molecule has 0 unspecified atom stereocenters. The molecule has 0 heterocycles. The van der Waals surface area contributed by atoms with Crippen LogP contribution in [0.25, 0.3) is 0 Å². The fraction of sp³-hybridized carbons (Fsp3) is 0.562. The highest BCUT2D eigenvalue weighted by Gasteiger charge is 2.16. The van der Waals surface area contributed by atoms with Gasteiger partial charge in [-0.25, -0.2) is 0 Å². The Bertz CT molecular complexity index is 397. The zero-order chi connectivity index (χ0) is 13.5. The molecular formula is C16H25ClN2O. The Morgan fingerprint density at radius 2 is 1.70 bits per heavy atom. The number of hydrogen-bond acceptors (Lipinski definition) is 2. The summed E-state index contributed by atoms with van der Waals surface area (Å²) in [6.45, 7) is 0.538. The molecule has 4 heteroatoms. The maximum Gasteiger partial charge on any atom is 0.224 e. The Balaban J connectivity index is 0.00000200. The van der Waals surface area contributed by atoms with Crippen LogP contribution in [0.2, 0.25) is 0 Å². The molecule has 0 aromatic heterocycles. The third-order valence-corrected chi connectivity index (χ3v) is 3.92. The first-order valence-electron chi connectivity index (χ1n) is 7.37. The van der Waals surface area contributed by atoms with Crippen LogP contribution in [0.5, 0.6) is 0 Å². The van der Waals surface area contributed by atoms with Gasteiger partial charge in [-0.1, -0.05) is 37.8 Å². The standard InChI is InChI=1S/C16H24N2O.ClH/c17-12-14-7-9-15(10-8-14)18-16(19)11-13-5-3-1-2-4-6-13;/h7-10,13H,1-6,11-12,17H2,(H,18,19);1H. The first-order valence-corrected chi connectivity index (χ1v) is 7.37. The van der Waals surface area contributed by atoms with Gasteiger partial charge in [0.25, 0.3) is 0 Å². The van der Waals surface area contributed by atoms with Gasteiger partial charge in [-0.2, -0.15) is 0 Å². The lowest BCUT2D eigenvalue weighted by molar-refractivity contribution is -0.117. The predicted octanol–water partition coefficient (Wildman–Crippen LogP) is 3.87. The minimum Gasteiger partial charge on any atom is -0.326 e. The van der Waals surface area contributed by atoms with Gasteiger partial charge in [-0.3, -0.25) is 4.79 Å². The van der Waals surface area contributed by atoms with Gasteiger partial charge in [0, 0.05) is 18.7 Å². The quantitative estimate of drug-likeness (QED) is 0.829. The number of amides is 1. The van der Waals surface area contributed by atoms with Crippen molar-refractivity contribution >= 4 is 24.0 Å². The van der Waals surface area contributed by atoms with E-state index in [9.17, 15) is 4.79 Å². The highest BCUT2D eigenvalue weighted by Crippen LogP contribution is 2.25. The van der Waals surface area contributed by atoms with Crippen LogP contribution < -0.4 is 11.1 Å². The SMILES string of the molecule is Cl.NCc1ccc(NC(=O)CC2CCCCCC2)cc1. The Morgan fingerprint density at radius 1 is 1.10 bits per heavy atom. The van der Waals surface area contributed by atoms with Crippen molar-refractivity contribution in [2.75, 3.05) is 5.32 Å². The second-order valence-corrected chi connectivity index (χ2v) is 5.51. The van der Waals surface area contributed by atoms with Crippen LogP contribution in [0.3, 0.4) is 0 Å². The van der Waals surface area contributed by atoms with E-state index >= 15 is 0 Å². The van der Waals surface area contributed by atoms with Crippen LogP contribution in [-0.2, 0) is 11.3 Å². The van der Waals surface area contributed by atoms with Crippen LogP contribution in [0.1, 0.15) is 50.5 Å². The van der Waals surface area contributed by atoms with Gasteiger partial charge in [-0.15, -0.1) is 12.4 Å². The molecule has 0 atom stereocenters. The highest BCUT2D eigenvalue weighted by molar-refractivity contribution is 5.90. The summed E-state index contributed by atoms with van der Waals surface area (Å²) in [5.41, 5.74) is 7.51. The second kappa shape index (κ2) is 8.98. The van der Waals surface area contributed by atoms with Crippen LogP contribution in [-0.4, -0.2) is 5.91 Å². The van der Waals surface area contributed by atoms with Gasteiger partial charge < -0.3 is 11.1 Å². The van der Waals surface area contributed by atoms with Crippen molar-refractivity contribution in [1.29, 1.82) is 0 Å². The fourth-order valence-electron chi connectivity index (χ4n) is 2.77. The number of carbonyl (C=O) groups excluding carboxylic acids is 1. The number of nitrogens with two attached hydrogens (primary N) is 1. The number of benzene rings is 1. The summed E-state index contributed by atoms with van der Waals surface area (Å²) < 4.78 is 0. The molecule has 2 rings (SSSR count). The number of anilines is 1. The predicted molar refractivity (Wildman–Crippen MR) is 86.0 cm³/mol. The summed E-state index contributed by atoms with van der Waals surface area (Å²) in [5.74, 6) is 0.721. The first-order chi connectivity index (χ1) is 9.28. The Hall–Kier alpha value is -1.06. The van der Waals surface area contributed by atoms with Crippen molar-refractivity contribution < 1.29 is 4.79 Å². The van der Waals surface area contributed by atoms with Crippen molar-refractivity contribution in [1.82, 2.24) is 0 Å². The molecule has 20 heavy (non-hydrogen) atoms. The molecule has 0 spiro atoms. The van der Waals surface area contributed by atoms with E-state index in [1.54, 1.807) is 0 Å². The Kier molecular flexibility index (Phi) is 7.63. The number of nitrogens with one attached hydrogen (secondary N) is 1. The molecule has 0 radical (unpaired) electrons. The molecule has 1 aliphatic rings. The lowest BCUT2D eigenvalue weighted by Gasteiger charge is -2.13. The highest BCUT2D eigenvalue weighted by atomic mass is 35.5. The zero-order valence-electron chi connectivity index (χ0n) is 11.9. The normalized spacial score (nSPS) is 16.1. The lowest BCUT2D eigenvalue weighted by Crippen LogP contribution is -2.16. The molecule has 1 aromatic carbocycles. The Labute approximate surface area is 127 Å². The summed E-state index contributed by atoms with van der Waals surface area (Å²) in [4.78, 5) is 12.0. The lowest BCUT2D eigenvalue weighted by atomic mass is 9.96. The average molecular weight is 297 g/mol. The molecule has 1 aromatic rings. The summed E-state index contributed by atoms with van der Waals surface area (Å²) >= 11 is 0. The van der Waals surface area contributed by atoms with Crippen LogP contribution in [0, 0.1) is 5.92 Å². The smallest absolute Gasteiger partial charge is 0.224 e. The van der Waals surface area contributed by atoms with E-state index in [0.29, 0.717) is 18.9 Å². The van der Waals surface area contributed by atoms with E-state index in [2.05, 4.69) is 5.32 Å². The zero-order valence-corrected chi connectivity index (χ0v) is 12.8.